The Morgan fingerprint density at radius 2 is 2.02 bits per heavy atom. The van der Waals surface area contributed by atoms with Gasteiger partial charge in [-0.15, -0.1) is 0 Å². The molecule has 8 nitrogen and oxygen atoms in total. The lowest BCUT2D eigenvalue weighted by Gasteiger charge is -2.45. The molecular weight excluding hydrogens is 576 g/mol. The number of carboxylic acids is 1. The van der Waals surface area contributed by atoms with Crippen molar-refractivity contribution in [2.45, 2.75) is 69.1 Å². The molecule has 2 aliphatic carbocycles. The smallest absolute Gasteiger partial charge is 0.335 e. The molecule has 1 fully saturated rings. The molecule has 0 bridgehead atoms. The number of hydrogen-bond acceptors (Lipinski definition) is 6. The van der Waals surface area contributed by atoms with Crippen molar-refractivity contribution in [3.63, 3.8) is 0 Å². The van der Waals surface area contributed by atoms with Crippen LogP contribution in [0.3, 0.4) is 0 Å². The Balaban J connectivity index is 1.38. The third-order valence-electron chi connectivity index (χ3n) is 9.81. The third-order valence-corrected chi connectivity index (χ3v) is 11.6. The summed E-state index contributed by atoms with van der Waals surface area (Å²) in [6, 6.07) is 11.2. The molecule has 0 amide bonds. The number of aryl methyl sites for hydroxylation is 1. The Morgan fingerprint density at radius 3 is 2.71 bits per heavy atom. The number of rotatable bonds is 9. The molecule has 4 N–H and O–H groups in total. The standard InChI is InChI=1S/C32H41ClN2O6S/c1-20(21(2)42(34,39)40)5-3-7-29(36)26-11-8-24(26)17-35-18-32(14-4-6-22-15-25(33)10-12-27(22)32)19-41-30-13-9-23(31(37)38)16-28(30)35/h3,7,9-10,12-13,15-16,20-21,24,26,29,36H,4-6,8,11,14,17-19H2,1-2H3,(H,37,38)(H2,34,39,40)/b7-3+/t20-,21-,24-,26+,29-,32-/m0/s1. The number of sulfonamides is 1. The van der Waals surface area contributed by atoms with Crippen LogP contribution in [0, 0.1) is 17.8 Å². The van der Waals surface area contributed by atoms with Crippen molar-refractivity contribution in [2.75, 3.05) is 24.6 Å². The fourth-order valence-electron chi connectivity index (χ4n) is 6.89. The molecule has 0 unspecified atom stereocenters. The van der Waals surface area contributed by atoms with Crippen LogP contribution in [-0.4, -0.2) is 55.7 Å². The van der Waals surface area contributed by atoms with E-state index in [9.17, 15) is 23.4 Å². The second-order valence-corrected chi connectivity index (χ2v) is 14.9. The monoisotopic (exact) mass is 616 g/mol. The molecule has 0 radical (unpaired) electrons. The van der Waals surface area contributed by atoms with Gasteiger partial charge in [-0.05, 0) is 105 Å². The van der Waals surface area contributed by atoms with Crippen molar-refractivity contribution < 1.29 is 28.2 Å². The highest BCUT2D eigenvalue weighted by Crippen LogP contribution is 2.46. The van der Waals surface area contributed by atoms with E-state index in [4.69, 9.17) is 21.5 Å². The van der Waals surface area contributed by atoms with Crippen LogP contribution in [0.1, 0.15) is 67.4 Å². The van der Waals surface area contributed by atoms with Crippen molar-refractivity contribution in [1.82, 2.24) is 0 Å². The second-order valence-electron chi connectivity index (χ2n) is 12.5. The van der Waals surface area contributed by atoms with Crippen LogP contribution in [0.4, 0.5) is 5.69 Å². The Morgan fingerprint density at radius 1 is 1.24 bits per heavy atom. The molecule has 1 spiro atoms. The quantitative estimate of drug-likeness (QED) is 0.332. The van der Waals surface area contributed by atoms with E-state index in [-0.39, 0.29) is 28.7 Å². The third kappa shape index (κ3) is 6.34. The highest BCUT2D eigenvalue weighted by Gasteiger charge is 2.44. The molecule has 6 atom stereocenters. The van der Waals surface area contributed by atoms with E-state index in [0.717, 1.165) is 42.8 Å². The highest BCUT2D eigenvalue weighted by molar-refractivity contribution is 7.89. The van der Waals surface area contributed by atoms with Crippen LogP contribution < -0.4 is 14.8 Å². The number of nitrogens with zero attached hydrogens (tertiary/aromatic N) is 1. The fourth-order valence-corrected chi connectivity index (χ4v) is 7.85. The number of fused-ring (bicyclic) bond motifs is 3. The SMILES string of the molecule is C[C@@H](C/C=C/[C@H](O)[C@@H]1CC[C@H]1CN1C[C@@]2(CCCc3cc(Cl)ccc32)COc2ccc(C(=O)O)cc21)[C@H](C)S(N)(=O)=O. The van der Waals surface area contributed by atoms with Gasteiger partial charge >= 0.3 is 5.97 Å². The molecule has 10 heteroatoms. The largest absolute Gasteiger partial charge is 0.490 e. The summed E-state index contributed by atoms with van der Waals surface area (Å²) >= 11 is 6.36. The molecule has 0 saturated heterocycles. The van der Waals surface area contributed by atoms with Gasteiger partial charge in [0.25, 0.3) is 0 Å². The van der Waals surface area contributed by atoms with E-state index < -0.39 is 27.3 Å². The molecule has 2 aromatic carbocycles. The minimum atomic E-state index is -3.61. The van der Waals surface area contributed by atoms with Gasteiger partial charge < -0.3 is 19.8 Å². The number of ether oxygens (including phenoxy) is 1. The Labute approximate surface area is 253 Å². The van der Waals surface area contributed by atoms with Crippen LogP contribution in [0.2, 0.25) is 5.02 Å². The van der Waals surface area contributed by atoms with Gasteiger partial charge in [0.1, 0.15) is 5.75 Å². The molecule has 1 saturated carbocycles. The first-order valence-corrected chi connectivity index (χ1v) is 16.8. The van der Waals surface area contributed by atoms with E-state index in [1.807, 2.05) is 19.1 Å². The molecule has 2 aromatic rings. The Kier molecular flexibility index (Phi) is 8.95. The minimum absolute atomic E-state index is 0.0518. The average molecular weight is 617 g/mol. The summed E-state index contributed by atoms with van der Waals surface area (Å²) in [6.07, 6.45) is 8.27. The average Bonchev–Trinajstić information content (AvgIpc) is 3.07. The first-order valence-electron chi connectivity index (χ1n) is 14.8. The van der Waals surface area contributed by atoms with Crippen molar-refractivity contribution in [3.05, 3.63) is 70.3 Å². The highest BCUT2D eigenvalue weighted by atomic mass is 35.5. The molecule has 5 rings (SSSR count). The van der Waals surface area contributed by atoms with E-state index in [1.165, 1.54) is 11.1 Å². The number of anilines is 1. The van der Waals surface area contributed by atoms with Gasteiger partial charge in [-0.2, -0.15) is 0 Å². The van der Waals surface area contributed by atoms with Gasteiger partial charge in [-0.3, -0.25) is 0 Å². The van der Waals surface area contributed by atoms with Gasteiger partial charge in [-0.1, -0.05) is 36.7 Å². The predicted molar refractivity (Wildman–Crippen MR) is 165 cm³/mol. The number of aromatic carboxylic acids is 1. The Hall–Kier alpha value is -2.59. The molecule has 1 heterocycles. The first-order chi connectivity index (χ1) is 19.9. The zero-order valence-corrected chi connectivity index (χ0v) is 25.8. The number of halogens is 1. The lowest BCUT2D eigenvalue weighted by Crippen LogP contribution is -2.49. The molecule has 1 aliphatic heterocycles. The van der Waals surface area contributed by atoms with Crippen molar-refractivity contribution in [1.29, 1.82) is 0 Å². The molecule has 3 aliphatic rings. The predicted octanol–water partition coefficient (Wildman–Crippen LogP) is 5.16. The Bertz CT molecular complexity index is 1460. The second kappa shape index (κ2) is 12.2. The first kappa shape index (κ1) is 30.9. The zero-order valence-electron chi connectivity index (χ0n) is 24.2. The topological polar surface area (TPSA) is 130 Å². The molecular formula is C32H41ClN2O6S. The van der Waals surface area contributed by atoms with Crippen LogP contribution in [0.25, 0.3) is 0 Å². The maximum Gasteiger partial charge on any atom is 0.335 e. The van der Waals surface area contributed by atoms with Crippen LogP contribution in [0.15, 0.2) is 48.6 Å². The summed E-state index contributed by atoms with van der Waals surface area (Å²) in [6.45, 7) is 5.28. The van der Waals surface area contributed by atoms with Crippen molar-refractivity contribution in [3.8, 4) is 5.75 Å². The van der Waals surface area contributed by atoms with Crippen molar-refractivity contribution in [2.24, 2.45) is 22.9 Å². The summed E-state index contributed by atoms with van der Waals surface area (Å²) in [5, 5.41) is 26.2. The normalized spacial score (nSPS) is 26.0. The van der Waals surface area contributed by atoms with E-state index >= 15 is 0 Å². The van der Waals surface area contributed by atoms with Crippen LogP contribution in [0.5, 0.6) is 5.75 Å². The minimum Gasteiger partial charge on any atom is -0.490 e. The molecule has 228 valence electrons. The van der Waals surface area contributed by atoms with Crippen LogP contribution >= 0.6 is 11.6 Å². The number of aliphatic hydroxyl groups excluding tert-OH is 1. The van der Waals surface area contributed by atoms with E-state index in [1.54, 1.807) is 31.2 Å². The number of benzene rings is 2. The van der Waals surface area contributed by atoms with E-state index in [0.29, 0.717) is 31.9 Å². The summed E-state index contributed by atoms with van der Waals surface area (Å²) in [5.41, 5.74) is 3.20. The number of carboxylic acid groups (broad SMARTS) is 1. The lowest BCUT2D eigenvalue weighted by atomic mass is 9.68. The van der Waals surface area contributed by atoms with Crippen molar-refractivity contribution >= 4 is 33.3 Å². The summed E-state index contributed by atoms with van der Waals surface area (Å²) in [4.78, 5) is 14.2. The van der Waals surface area contributed by atoms with E-state index in [2.05, 4.69) is 17.0 Å². The van der Waals surface area contributed by atoms with Gasteiger partial charge in [0.15, 0.2) is 0 Å². The number of nitrogens with two attached hydrogens (primary N) is 1. The van der Waals surface area contributed by atoms with Gasteiger partial charge in [-0.25, -0.2) is 18.4 Å². The van der Waals surface area contributed by atoms with Gasteiger partial charge in [0, 0.05) is 23.5 Å². The number of allylic oxidation sites excluding steroid dienone is 1. The number of aliphatic hydroxyl groups is 1. The fraction of sp³-hybridized carbons (Fsp3) is 0.531. The maximum absolute atomic E-state index is 11.9. The zero-order chi connectivity index (χ0) is 30.2. The van der Waals surface area contributed by atoms with Crippen LogP contribution in [-0.2, 0) is 21.9 Å². The van der Waals surface area contributed by atoms with Gasteiger partial charge in [0.05, 0.1) is 29.2 Å². The number of primary sulfonamides is 1. The molecule has 0 aromatic heterocycles. The lowest BCUT2D eigenvalue weighted by molar-refractivity contribution is 0.0456. The van der Waals surface area contributed by atoms with Gasteiger partial charge in [0.2, 0.25) is 10.0 Å². The summed E-state index contributed by atoms with van der Waals surface area (Å²) < 4.78 is 29.8. The number of carbonyl (C=O) groups is 1. The number of hydrogen-bond donors (Lipinski definition) is 3. The summed E-state index contributed by atoms with van der Waals surface area (Å²) in [7, 11) is -3.61. The summed E-state index contributed by atoms with van der Waals surface area (Å²) in [5.74, 6) is -0.220. The molecule has 42 heavy (non-hydrogen) atoms. The maximum atomic E-state index is 11.9.